The molecule has 1 N–H and O–H groups in total. The molecule has 37 heavy (non-hydrogen) atoms. The van der Waals surface area contributed by atoms with Gasteiger partial charge in [0.1, 0.15) is 0 Å². The third-order valence-corrected chi connectivity index (χ3v) is 6.69. The molecule has 1 amide bonds. The van der Waals surface area contributed by atoms with E-state index in [0.717, 1.165) is 31.9 Å². The Morgan fingerprint density at radius 2 is 1.59 bits per heavy atom. The largest absolute Gasteiger partial charge is 0.493 e. The van der Waals surface area contributed by atoms with Crippen molar-refractivity contribution in [3.8, 4) is 5.88 Å². The zero-order valence-corrected chi connectivity index (χ0v) is 22.9. The summed E-state index contributed by atoms with van der Waals surface area (Å²) in [4.78, 5) is 22.2. The highest BCUT2D eigenvalue weighted by Crippen LogP contribution is 2.40. The predicted molar refractivity (Wildman–Crippen MR) is 157 cm³/mol. The van der Waals surface area contributed by atoms with Gasteiger partial charge in [-0.15, -0.1) is 12.4 Å². The van der Waals surface area contributed by atoms with Gasteiger partial charge >= 0.3 is 0 Å². The molecule has 0 radical (unpaired) electrons. The molecule has 5 aromatic rings. The molecule has 1 atom stereocenters. The molecule has 0 fully saturated rings. The molecule has 0 bridgehead atoms. The summed E-state index contributed by atoms with van der Waals surface area (Å²) in [5, 5.41) is 14.1. The summed E-state index contributed by atoms with van der Waals surface area (Å²) in [6.45, 7) is 0.208. The minimum absolute atomic E-state index is 0. The number of nitrogens with zero attached hydrogens (tertiary/aromatic N) is 3. The SMILES string of the molecule is CN(C)CC(=O)N(c1cccc2ccccc12)C(c1ccccc1)c1cc2cc(Br)ccc2nc1O.Cl. The maximum atomic E-state index is 14.0. The molecule has 5 nitrogen and oxygen atoms in total. The molecular formula is C30H27BrClN3O2. The van der Waals surface area contributed by atoms with E-state index in [9.17, 15) is 9.90 Å². The molecule has 0 aliphatic rings. The second-order valence-corrected chi connectivity index (χ2v) is 9.97. The van der Waals surface area contributed by atoms with Crippen molar-refractivity contribution in [2.45, 2.75) is 6.04 Å². The van der Waals surface area contributed by atoms with Gasteiger partial charge in [0.15, 0.2) is 0 Å². The summed E-state index contributed by atoms with van der Waals surface area (Å²) >= 11 is 3.54. The fourth-order valence-electron chi connectivity index (χ4n) is 4.64. The van der Waals surface area contributed by atoms with E-state index in [1.165, 1.54) is 0 Å². The molecule has 188 valence electrons. The Kier molecular flexibility index (Phi) is 8.13. The number of pyridine rings is 1. The maximum Gasteiger partial charge on any atom is 0.242 e. The number of halogens is 2. The summed E-state index contributed by atoms with van der Waals surface area (Å²) < 4.78 is 0.916. The zero-order chi connectivity index (χ0) is 25.2. The molecule has 0 spiro atoms. The van der Waals surface area contributed by atoms with Crippen LogP contribution in [0.15, 0.2) is 102 Å². The Balaban J connectivity index is 0.00000320. The van der Waals surface area contributed by atoms with Gasteiger partial charge < -0.3 is 10.0 Å². The molecule has 0 aliphatic carbocycles. The fraction of sp³-hybridized carbons (Fsp3) is 0.133. The Labute approximate surface area is 230 Å². The molecule has 1 heterocycles. The Morgan fingerprint density at radius 1 is 0.892 bits per heavy atom. The lowest BCUT2D eigenvalue weighted by molar-refractivity contribution is -0.119. The highest BCUT2D eigenvalue weighted by atomic mass is 79.9. The van der Waals surface area contributed by atoms with Gasteiger partial charge in [-0.1, -0.05) is 82.7 Å². The van der Waals surface area contributed by atoms with Crippen LogP contribution in [0.4, 0.5) is 5.69 Å². The lowest BCUT2D eigenvalue weighted by Gasteiger charge is -2.34. The molecule has 1 aromatic heterocycles. The van der Waals surface area contributed by atoms with E-state index < -0.39 is 6.04 Å². The van der Waals surface area contributed by atoms with Crippen molar-refractivity contribution in [1.29, 1.82) is 0 Å². The quantitative estimate of drug-likeness (QED) is 0.237. The van der Waals surface area contributed by atoms with Crippen molar-refractivity contribution in [1.82, 2.24) is 9.88 Å². The predicted octanol–water partition coefficient (Wildman–Crippen LogP) is 6.96. The molecular weight excluding hydrogens is 550 g/mol. The number of benzene rings is 4. The normalized spacial score (nSPS) is 11.9. The molecule has 0 saturated carbocycles. The van der Waals surface area contributed by atoms with Gasteiger partial charge in [-0.25, -0.2) is 4.98 Å². The summed E-state index contributed by atoms with van der Waals surface area (Å²) in [6.07, 6.45) is 0. The van der Waals surface area contributed by atoms with Crippen molar-refractivity contribution in [2.24, 2.45) is 0 Å². The summed E-state index contributed by atoms with van der Waals surface area (Å²) in [7, 11) is 3.76. The van der Waals surface area contributed by atoms with Crippen LogP contribution in [0.1, 0.15) is 17.2 Å². The van der Waals surface area contributed by atoms with Gasteiger partial charge in [0.25, 0.3) is 0 Å². The van der Waals surface area contributed by atoms with Crippen molar-refractivity contribution < 1.29 is 9.90 Å². The van der Waals surface area contributed by atoms with Crippen LogP contribution >= 0.6 is 28.3 Å². The number of anilines is 1. The first-order valence-electron chi connectivity index (χ1n) is 11.7. The number of fused-ring (bicyclic) bond motifs is 2. The van der Waals surface area contributed by atoms with E-state index in [1.54, 1.807) is 4.90 Å². The molecule has 0 saturated heterocycles. The van der Waals surface area contributed by atoms with Gasteiger partial charge in [-0.2, -0.15) is 0 Å². The third-order valence-electron chi connectivity index (χ3n) is 6.20. The van der Waals surface area contributed by atoms with E-state index >= 15 is 0 Å². The number of rotatable bonds is 6. The summed E-state index contributed by atoms with van der Waals surface area (Å²) in [5.41, 5.74) is 2.90. The standard InChI is InChI=1S/C30H26BrN3O2.ClH/c1-33(2)19-28(35)34(27-14-8-12-20-9-6-7-13-24(20)27)29(21-10-4-3-5-11-21)25-18-22-17-23(31)15-16-26(22)32-30(25)36;/h3-18,29H,19H2,1-2H3,(H,32,36);1H. The number of aromatic hydroxyl groups is 1. The number of aromatic nitrogens is 1. The van der Waals surface area contributed by atoms with Crippen LogP contribution in [0.2, 0.25) is 0 Å². The molecule has 1 unspecified atom stereocenters. The molecule has 5 rings (SSSR count). The average Bonchev–Trinajstić information content (AvgIpc) is 2.87. The van der Waals surface area contributed by atoms with E-state index in [4.69, 9.17) is 0 Å². The third kappa shape index (κ3) is 5.47. The van der Waals surface area contributed by atoms with E-state index in [-0.39, 0.29) is 30.7 Å². The van der Waals surface area contributed by atoms with E-state index in [2.05, 4.69) is 20.9 Å². The highest BCUT2D eigenvalue weighted by molar-refractivity contribution is 9.10. The zero-order valence-electron chi connectivity index (χ0n) is 20.5. The Morgan fingerprint density at radius 3 is 2.35 bits per heavy atom. The topological polar surface area (TPSA) is 56.7 Å². The van der Waals surface area contributed by atoms with Crippen LogP contribution in [-0.4, -0.2) is 41.5 Å². The lowest BCUT2D eigenvalue weighted by Crippen LogP contribution is -2.41. The van der Waals surface area contributed by atoms with Crippen molar-refractivity contribution in [3.63, 3.8) is 0 Å². The number of hydrogen-bond acceptors (Lipinski definition) is 4. The van der Waals surface area contributed by atoms with Crippen molar-refractivity contribution in [2.75, 3.05) is 25.5 Å². The van der Waals surface area contributed by atoms with E-state index in [1.807, 2.05) is 116 Å². The van der Waals surface area contributed by atoms with E-state index in [0.29, 0.717) is 11.1 Å². The van der Waals surface area contributed by atoms with Gasteiger partial charge in [-0.3, -0.25) is 9.69 Å². The first kappa shape index (κ1) is 26.6. The van der Waals surface area contributed by atoms with Crippen molar-refractivity contribution >= 4 is 61.6 Å². The second kappa shape index (κ2) is 11.3. The monoisotopic (exact) mass is 575 g/mol. The van der Waals surface area contributed by atoms with Crippen LogP contribution in [0, 0.1) is 0 Å². The van der Waals surface area contributed by atoms with Gasteiger partial charge in [-0.05, 0) is 55.4 Å². The number of hydrogen-bond donors (Lipinski definition) is 1. The Hall–Kier alpha value is -3.45. The van der Waals surface area contributed by atoms with Crippen LogP contribution in [-0.2, 0) is 4.79 Å². The van der Waals surface area contributed by atoms with Gasteiger partial charge in [0, 0.05) is 20.8 Å². The van der Waals surface area contributed by atoms with Crippen LogP contribution in [0.5, 0.6) is 5.88 Å². The summed E-state index contributed by atoms with van der Waals surface area (Å²) in [5.74, 6) is -0.180. The molecule has 4 aromatic carbocycles. The minimum Gasteiger partial charge on any atom is -0.493 e. The maximum absolute atomic E-state index is 14.0. The summed E-state index contributed by atoms with van der Waals surface area (Å²) in [6, 6.07) is 30.9. The minimum atomic E-state index is -0.597. The smallest absolute Gasteiger partial charge is 0.242 e. The van der Waals surface area contributed by atoms with Gasteiger partial charge in [0.05, 0.1) is 23.8 Å². The van der Waals surface area contributed by atoms with Crippen molar-refractivity contribution in [3.05, 3.63) is 113 Å². The van der Waals surface area contributed by atoms with Crippen LogP contribution < -0.4 is 4.90 Å². The first-order valence-corrected chi connectivity index (χ1v) is 12.5. The fourth-order valence-corrected chi connectivity index (χ4v) is 5.02. The number of carbonyl (C=O) groups excluding carboxylic acids is 1. The van der Waals surface area contributed by atoms with Gasteiger partial charge in [0.2, 0.25) is 11.8 Å². The highest BCUT2D eigenvalue weighted by Gasteiger charge is 2.32. The van der Waals surface area contributed by atoms with Crippen LogP contribution in [0.3, 0.4) is 0 Å². The number of amides is 1. The average molecular weight is 577 g/mol. The number of likely N-dealkylation sites (N-methyl/N-ethyl adjacent to an activating group) is 1. The molecule has 7 heteroatoms. The second-order valence-electron chi connectivity index (χ2n) is 9.05. The Bertz CT molecular complexity index is 1550. The lowest BCUT2D eigenvalue weighted by atomic mass is 9.94. The first-order chi connectivity index (χ1) is 17.4. The number of carbonyl (C=O) groups is 1. The molecule has 0 aliphatic heterocycles. The van der Waals surface area contributed by atoms with Crippen LogP contribution in [0.25, 0.3) is 21.7 Å².